The number of carbonyl (C=O) groups is 4. The van der Waals surface area contributed by atoms with Gasteiger partial charge in [0.1, 0.15) is 6.04 Å². The lowest BCUT2D eigenvalue weighted by molar-refractivity contribution is -0.121. The smallest absolute Gasteiger partial charge is 0.262 e. The van der Waals surface area contributed by atoms with Crippen LogP contribution in [0.25, 0.3) is 0 Å². The first-order valence-corrected chi connectivity index (χ1v) is 8.70. The van der Waals surface area contributed by atoms with Crippen molar-refractivity contribution in [2.24, 2.45) is 5.92 Å². The fourth-order valence-corrected chi connectivity index (χ4v) is 3.18. The molecule has 0 saturated heterocycles. The van der Waals surface area contributed by atoms with Crippen LogP contribution in [0.3, 0.4) is 0 Å². The van der Waals surface area contributed by atoms with Crippen molar-refractivity contribution in [1.82, 2.24) is 4.90 Å². The van der Waals surface area contributed by atoms with Gasteiger partial charge in [0.15, 0.2) is 5.78 Å². The van der Waals surface area contributed by atoms with Gasteiger partial charge in [-0.1, -0.05) is 26.0 Å². The molecule has 0 aromatic heterocycles. The molecule has 3 amide bonds. The Balaban J connectivity index is 1.86. The minimum Gasteiger partial charge on any atom is -0.324 e. The van der Waals surface area contributed by atoms with Crippen molar-refractivity contribution in [1.29, 1.82) is 0 Å². The minimum absolute atomic E-state index is 0.0704. The summed E-state index contributed by atoms with van der Waals surface area (Å²) in [6, 6.07) is 12.1. The lowest BCUT2D eigenvalue weighted by Gasteiger charge is -2.28. The molecular formula is C21H20N2O4. The first-order chi connectivity index (χ1) is 12.8. The average Bonchev–Trinajstić information content (AvgIpc) is 2.88. The fraction of sp³-hybridized carbons (Fsp3) is 0.238. The molecule has 0 fully saturated rings. The molecule has 1 heterocycles. The van der Waals surface area contributed by atoms with Crippen LogP contribution in [-0.2, 0) is 4.79 Å². The van der Waals surface area contributed by atoms with Gasteiger partial charge in [0, 0.05) is 11.3 Å². The van der Waals surface area contributed by atoms with Crippen molar-refractivity contribution in [2.45, 2.75) is 26.8 Å². The number of ketones is 1. The highest BCUT2D eigenvalue weighted by molar-refractivity contribution is 6.23. The number of carbonyl (C=O) groups excluding carboxylic acids is 4. The molecule has 2 aromatic rings. The van der Waals surface area contributed by atoms with Gasteiger partial charge in [-0.15, -0.1) is 0 Å². The molecule has 3 rings (SSSR count). The molecule has 138 valence electrons. The number of benzene rings is 2. The Kier molecular flexibility index (Phi) is 4.90. The van der Waals surface area contributed by atoms with Gasteiger partial charge in [0.05, 0.1) is 11.1 Å². The summed E-state index contributed by atoms with van der Waals surface area (Å²) in [5.74, 6) is -1.72. The van der Waals surface area contributed by atoms with E-state index in [-0.39, 0.29) is 11.7 Å². The van der Waals surface area contributed by atoms with E-state index in [1.165, 1.54) is 6.92 Å². The van der Waals surface area contributed by atoms with Gasteiger partial charge < -0.3 is 5.32 Å². The second kappa shape index (κ2) is 7.15. The molecule has 0 saturated carbocycles. The number of amides is 3. The summed E-state index contributed by atoms with van der Waals surface area (Å²) in [5.41, 5.74) is 1.65. The van der Waals surface area contributed by atoms with Gasteiger partial charge in [-0.25, -0.2) is 0 Å². The van der Waals surface area contributed by atoms with E-state index in [2.05, 4.69) is 5.32 Å². The third-order valence-corrected chi connectivity index (χ3v) is 4.56. The Morgan fingerprint density at radius 1 is 0.889 bits per heavy atom. The van der Waals surface area contributed by atoms with Crippen molar-refractivity contribution in [3.63, 3.8) is 0 Å². The van der Waals surface area contributed by atoms with Gasteiger partial charge in [0.2, 0.25) is 5.91 Å². The van der Waals surface area contributed by atoms with Crippen molar-refractivity contribution in [2.75, 3.05) is 5.32 Å². The summed E-state index contributed by atoms with van der Waals surface area (Å²) >= 11 is 0. The molecule has 1 aliphatic rings. The van der Waals surface area contributed by atoms with Gasteiger partial charge >= 0.3 is 0 Å². The first-order valence-electron chi connectivity index (χ1n) is 8.70. The van der Waals surface area contributed by atoms with Crippen LogP contribution in [-0.4, -0.2) is 34.4 Å². The highest BCUT2D eigenvalue weighted by atomic mass is 16.2. The van der Waals surface area contributed by atoms with Crippen LogP contribution >= 0.6 is 0 Å². The van der Waals surface area contributed by atoms with Gasteiger partial charge in [-0.3, -0.25) is 24.1 Å². The summed E-state index contributed by atoms with van der Waals surface area (Å²) in [5, 5.41) is 2.74. The Morgan fingerprint density at radius 2 is 1.41 bits per heavy atom. The maximum atomic E-state index is 12.9. The van der Waals surface area contributed by atoms with E-state index < -0.39 is 23.8 Å². The van der Waals surface area contributed by atoms with Crippen LogP contribution in [0.15, 0.2) is 48.5 Å². The minimum atomic E-state index is -0.940. The predicted octanol–water partition coefficient (Wildman–Crippen LogP) is 3.15. The number of nitrogens with zero attached hydrogens (tertiary/aromatic N) is 1. The zero-order valence-electron chi connectivity index (χ0n) is 15.4. The molecule has 6 nitrogen and oxygen atoms in total. The quantitative estimate of drug-likeness (QED) is 0.652. The van der Waals surface area contributed by atoms with Gasteiger partial charge in [-0.05, 0) is 49.2 Å². The van der Waals surface area contributed by atoms with E-state index in [1.54, 1.807) is 62.4 Å². The van der Waals surface area contributed by atoms with E-state index >= 15 is 0 Å². The summed E-state index contributed by atoms with van der Waals surface area (Å²) < 4.78 is 0. The largest absolute Gasteiger partial charge is 0.324 e. The van der Waals surface area contributed by atoms with Crippen LogP contribution in [0.2, 0.25) is 0 Å². The van der Waals surface area contributed by atoms with Gasteiger partial charge in [-0.2, -0.15) is 0 Å². The molecule has 0 aliphatic carbocycles. The molecule has 27 heavy (non-hydrogen) atoms. The van der Waals surface area contributed by atoms with Crippen molar-refractivity contribution < 1.29 is 19.2 Å². The topological polar surface area (TPSA) is 83.6 Å². The zero-order chi connectivity index (χ0) is 19.7. The standard InChI is InChI=1S/C21H20N2O4/c1-12(2)18(19(25)22-15-10-8-14(9-11-15)13(3)24)23-20(26)16-6-4-5-7-17(16)21(23)27/h4-12,18H,1-3H3,(H,22,25)/t18-/m1/s1. The number of fused-ring (bicyclic) bond motifs is 1. The molecule has 2 aromatic carbocycles. The van der Waals surface area contributed by atoms with Crippen LogP contribution in [0.5, 0.6) is 0 Å². The molecule has 0 unspecified atom stereocenters. The summed E-state index contributed by atoms with van der Waals surface area (Å²) in [7, 11) is 0. The second-order valence-electron chi connectivity index (χ2n) is 6.84. The van der Waals surface area contributed by atoms with E-state index in [0.717, 1.165) is 4.90 Å². The Hall–Kier alpha value is -3.28. The maximum Gasteiger partial charge on any atom is 0.262 e. The number of nitrogens with one attached hydrogen (secondary N) is 1. The van der Waals surface area contributed by atoms with Crippen molar-refractivity contribution in [3.8, 4) is 0 Å². The number of imide groups is 1. The molecular weight excluding hydrogens is 344 g/mol. The summed E-state index contributed by atoms with van der Waals surface area (Å²) in [4.78, 5) is 50.7. The third kappa shape index (κ3) is 3.38. The third-order valence-electron chi connectivity index (χ3n) is 4.56. The van der Waals surface area contributed by atoms with Crippen molar-refractivity contribution >= 4 is 29.2 Å². The van der Waals surface area contributed by atoms with Gasteiger partial charge in [0.25, 0.3) is 11.8 Å². The summed E-state index contributed by atoms with van der Waals surface area (Å²) in [6.45, 7) is 5.03. The van der Waals surface area contributed by atoms with Crippen LogP contribution in [0, 0.1) is 5.92 Å². The lowest BCUT2D eigenvalue weighted by Crippen LogP contribution is -2.50. The number of rotatable bonds is 5. The zero-order valence-corrected chi connectivity index (χ0v) is 15.4. The number of Topliss-reactive ketones (excluding diaryl/α,β-unsaturated/α-hetero) is 1. The molecule has 0 spiro atoms. The Morgan fingerprint density at radius 3 is 1.85 bits per heavy atom. The number of hydrogen-bond acceptors (Lipinski definition) is 4. The van der Waals surface area contributed by atoms with E-state index in [0.29, 0.717) is 22.4 Å². The van der Waals surface area contributed by atoms with Crippen LogP contribution < -0.4 is 5.32 Å². The molecule has 1 aliphatic heterocycles. The average molecular weight is 364 g/mol. The maximum absolute atomic E-state index is 12.9. The Bertz CT molecular complexity index is 896. The van der Waals surface area contributed by atoms with Crippen LogP contribution in [0.4, 0.5) is 5.69 Å². The highest BCUT2D eigenvalue weighted by Crippen LogP contribution is 2.27. The highest BCUT2D eigenvalue weighted by Gasteiger charge is 2.43. The second-order valence-corrected chi connectivity index (χ2v) is 6.84. The number of hydrogen-bond donors (Lipinski definition) is 1. The molecule has 1 atom stereocenters. The van der Waals surface area contributed by atoms with E-state index in [1.807, 2.05) is 0 Å². The van der Waals surface area contributed by atoms with E-state index in [4.69, 9.17) is 0 Å². The summed E-state index contributed by atoms with van der Waals surface area (Å²) in [6.07, 6.45) is 0. The molecule has 1 N–H and O–H groups in total. The molecule has 0 bridgehead atoms. The first kappa shape index (κ1) is 18.5. The predicted molar refractivity (Wildman–Crippen MR) is 101 cm³/mol. The normalized spacial score (nSPS) is 14.3. The van der Waals surface area contributed by atoms with Crippen LogP contribution in [0.1, 0.15) is 51.8 Å². The molecule has 6 heteroatoms. The monoisotopic (exact) mass is 364 g/mol. The Labute approximate surface area is 157 Å². The number of anilines is 1. The fourth-order valence-electron chi connectivity index (χ4n) is 3.18. The van der Waals surface area contributed by atoms with E-state index in [9.17, 15) is 19.2 Å². The van der Waals surface area contributed by atoms with Crippen molar-refractivity contribution in [3.05, 3.63) is 65.2 Å². The molecule has 0 radical (unpaired) electrons. The lowest BCUT2D eigenvalue weighted by atomic mass is 10.0. The SMILES string of the molecule is CC(=O)c1ccc(NC(=O)[C@@H](C(C)C)N2C(=O)c3ccccc3C2=O)cc1.